The lowest BCUT2D eigenvalue weighted by atomic mass is 10.0. The summed E-state index contributed by atoms with van der Waals surface area (Å²) in [5, 5.41) is 13.9. The van der Waals surface area contributed by atoms with Gasteiger partial charge in [0, 0.05) is 12.4 Å². The van der Waals surface area contributed by atoms with Gasteiger partial charge in [0.05, 0.1) is 6.54 Å². The zero-order chi connectivity index (χ0) is 17.7. The molecule has 0 bridgehead atoms. The maximum atomic E-state index is 12.0. The predicted molar refractivity (Wildman–Crippen MR) is 86.5 cm³/mol. The summed E-state index contributed by atoms with van der Waals surface area (Å²) >= 11 is 0. The fraction of sp³-hybridized carbons (Fsp3) is 0.375. The van der Waals surface area contributed by atoms with E-state index in [1.165, 1.54) is 0 Å². The Morgan fingerprint density at radius 2 is 2.04 bits per heavy atom. The van der Waals surface area contributed by atoms with Gasteiger partial charge < -0.3 is 20.1 Å². The zero-order valence-electron chi connectivity index (χ0n) is 13.5. The van der Waals surface area contributed by atoms with Crippen LogP contribution in [0.15, 0.2) is 30.6 Å². The van der Waals surface area contributed by atoms with Crippen LogP contribution in [0.4, 0.5) is 0 Å². The average molecular weight is 332 g/mol. The second-order valence-corrected chi connectivity index (χ2v) is 5.86. The molecule has 0 fully saturated rings. The first-order chi connectivity index (χ1) is 11.4. The van der Waals surface area contributed by atoms with Crippen LogP contribution < -0.4 is 10.6 Å². The Bertz CT molecular complexity index is 720. The van der Waals surface area contributed by atoms with E-state index in [4.69, 9.17) is 5.11 Å². The van der Waals surface area contributed by atoms with Crippen molar-refractivity contribution in [1.82, 2.24) is 20.0 Å². The van der Waals surface area contributed by atoms with E-state index in [0.29, 0.717) is 12.1 Å². The summed E-state index contributed by atoms with van der Waals surface area (Å²) in [6, 6.07) is 4.40. The van der Waals surface area contributed by atoms with E-state index in [1.807, 2.05) is 19.9 Å². The minimum absolute atomic E-state index is 0.124. The summed E-state index contributed by atoms with van der Waals surface area (Å²) < 4.78 is 1.69. The molecule has 2 amide bonds. The van der Waals surface area contributed by atoms with Gasteiger partial charge in [0.15, 0.2) is 0 Å². The number of pyridine rings is 1. The predicted octanol–water partition coefficient (Wildman–Crippen LogP) is 0.680. The number of imidazole rings is 1. The largest absolute Gasteiger partial charge is 0.480 e. The van der Waals surface area contributed by atoms with E-state index < -0.39 is 23.8 Å². The third-order valence-corrected chi connectivity index (χ3v) is 3.35. The van der Waals surface area contributed by atoms with Gasteiger partial charge in [0.1, 0.15) is 17.4 Å². The number of aromatic nitrogens is 2. The van der Waals surface area contributed by atoms with Crippen LogP contribution in [0.2, 0.25) is 0 Å². The molecule has 2 aromatic rings. The summed E-state index contributed by atoms with van der Waals surface area (Å²) in [5.41, 5.74) is 0.806. The molecule has 2 aromatic heterocycles. The molecule has 0 unspecified atom stereocenters. The van der Waals surface area contributed by atoms with Gasteiger partial charge in [-0.15, -0.1) is 0 Å². The van der Waals surface area contributed by atoms with Gasteiger partial charge in [-0.2, -0.15) is 0 Å². The summed E-state index contributed by atoms with van der Waals surface area (Å²) in [7, 11) is 0. The van der Waals surface area contributed by atoms with Crippen molar-refractivity contribution in [2.75, 3.05) is 6.54 Å². The van der Waals surface area contributed by atoms with Gasteiger partial charge in [-0.25, -0.2) is 9.78 Å². The molecule has 0 aliphatic heterocycles. The van der Waals surface area contributed by atoms with E-state index >= 15 is 0 Å². The van der Waals surface area contributed by atoms with Crippen LogP contribution in [0.5, 0.6) is 0 Å². The van der Waals surface area contributed by atoms with Crippen molar-refractivity contribution in [3.63, 3.8) is 0 Å². The lowest BCUT2D eigenvalue weighted by molar-refractivity contribution is -0.142. The number of carbonyl (C=O) groups is 3. The van der Waals surface area contributed by atoms with Crippen molar-refractivity contribution in [2.24, 2.45) is 5.92 Å². The normalized spacial score (nSPS) is 12.1. The van der Waals surface area contributed by atoms with E-state index in [1.54, 1.807) is 28.9 Å². The summed E-state index contributed by atoms with van der Waals surface area (Å²) in [6.45, 7) is 3.43. The number of fused-ring (bicyclic) bond motifs is 1. The van der Waals surface area contributed by atoms with Crippen LogP contribution in [-0.4, -0.2) is 44.9 Å². The van der Waals surface area contributed by atoms with E-state index in [-0.39, 0.29) is 18.2 Å². The van der Waals surface area contributed by atoms with E-state index in [9.17, 15) is 14.4 Å². The SMILES string of the molecule is CC(C)C[C@H](NC(=O)CNC(=O)c1cn2ccccc2n1)C(=O)O. The highest BCUT2D eigenvalue weighted by molar-refractivity contribution is 5.95. The Kier molecular flexibility index (Phi) is 5.51. The van der Waals surface area contributed by atoms with Crippen LogP contribution in [0.1, 0.15) is 30.8 Å². The average Bonchev–Trinajstić information content (AvgIpc) is 2.95. The minimum Gasteiger partial charge on any atom is -0.480 e. The Hall–Kier alpha value is -2.90. The van der Waals surface area contributed by atoms with Crippen LogP contribution >= 0.6 is 0 Å². The Morgan fingerprint density at radius 1 is 1.29 bits per heavy atom. The molecule has 3 N–H and O–H groups in total. The number of nitrogens with zero attached hydrogens (tertiary/aromatic N) is 2. The number of hydrogen-bond acceptors (Lipinski definition) is 4. The fourth-order valence-electron chi connectivity index (χ4n) is 2.23. The number of carboxylic acids is 1. The minimum atomic E-state index is -1.09. The number of amides is 2. The van der Waals surface area contributed by atoms with Crippen molar-refractivity contribution >= 4 is 23.4 Å². The van der Waals surface area contributed by atoms with E-state index in [2.05, 4.69) is 15.6 Å². The lowest BCUT2D eigenvalue weighted by Gasteiger charge is -2.16. The first-order valence-corrected chi connectivity index (χ1v) is 7.61. The Labute approximate surface area is 138 Å². The molecule has 2 rings (SSSR count). The van der Waals surface area contributed by atoms with Crippen LogP contribution in [0.3, 0.4) is 0 Å². The van der Waals surface area contributed by atoms with Gasteiger partial charge in [-0.1, -0.05) is 19.9 Å². The van der Waals surface area contributed by atoms with Crippen molar-refractivity contribution in [1.29, 1.82) is 0 Å². The quantitative estimate of drug-likeness (QED) is 0.690. The molecule has 2 heterocycles. The second-order valence-electron chi connectivity index (χ2n) is 5.86. The number of rotatable bonds is 7. The van der Waals surface area contributed by atoms with E-state index in [0.717, 1.165) is 0 Å². The highest BCUT2D eigenvalue weighted by atomic mass is 16.4. The molecule has 0 aromatic carbocycles. The van der Waals surface area contributed by atoms with Crippen LogP contribution in [0.25, 0.3) is 5.65 Å². The number of nitrogens with one attached hydrogen (secondary N) is 2. The highest BCUT2D eigenvalue weighted by Crippen LogP contribution is 2.05. The van der Waals surface area contributed by atoms with Crippen LogP contribution in [0, 0.1) is 5.92 Å². The summed E-state index contributed by atoms with van der Waals surface area (Å²) in [4.78, 5) is 39.1. The van der Waals surface area contributed by atoms with Crippen molar-refractivity contribution in [3.05, 3.63) is 36.3 Å². The lowest BCUT2D eigenvalue weighted by Crippen LogP contribution is -2.46. The molecule has 24 heavy (non-hydrogen) atoms. The molecule has 0 spiro atoms. The molecule has 0 saturated heterocycles. The molecule has 8 nitrogen and oxygen atoms in total. The van der Waals surface area contributed by atoms with Gasteiger partial charge in [-0.05, 0) is 24.5 Å². The molecular formula is C16H20N4O4. The molecule has 1 atom stereocenters. The van der Waals surface area contributed by atoms with Gasteiger partial charge >= 0.3 is 5.97 Å². The van der Waals surface area contributed by atoms with Crippen molar-refractivity contribution in [3.8, 4) is 0 Å². The third kappa shape index (κ3) is 4.55. The van der Waals surface area contributed by atoms with Crippen LogP contribution in [-0.2, 0) is 9.59 Å². The highest BCUT2D eigenvalue weighted by Gasteiger charge is 2.21. The van der Waals surface area contributed by atoms with Crippen molar-refractivity contribution in [2.45, 2.75) is 26.3 Å². The number of carbonyl (C=O) groups excluding carboxylic acids is 2. The molecule has 0 radical (unpaired) electrons. The second kappa shape index (κ2) is 7.58. The van der Waals surface area contributed by atoms with Gasteiger partial charge in [0.25, 0.3) is 5.91 Å². The molecular weight excluding hydrogens is 312 g/mol. The fourth-order valence-corrected chi connectivity index (χ4v) is 2.23. The maximum absolute atomic E-state index is 12.0. The topological polar surface area (TPSA) is 113 Å². The number of hydrogen-bond donors (Lipinski definition) is 3. The van der Waals surface area contributed by atoms with Gasteiger partial charge in [-0.3, -0.25) is 9.59 Å². The first-order valence-electron chi connectivity index (χ1n) is 7.61. The molecule has 0 saturated carbocycles. The Balaban J connectivity index is 1.90. The molecule has 0 aliphatic rings. The van der Waals surface area contributed by atoms with Crippen molar-refractivity contribution < 1.29 is 19.5 Å². The summed E-state index contributed by atoms with van der Waals surface area (Å²) in [6.07, 6.45) is 3.64. The standard InChI is InChI=1S/C16H20N4O4/c1-10(2)7-11(16(23)24)19-14(21)8-17-15(22)12-9-20-6-4-3-5-13(20)18-12/h3-6,9-11H,7-8H2,1-2H3,(H,17,22)(H,19,21)(H,23,24)/t11-/m0/s1. The molecule has 0 aliphatic carbocycles. The van der Waals surface area contributed by atoms with Gasteiger partial charge in [0.2, 0.25) is 5.91 Å². The third-order valence-electron chi connectivity index (χ3n) is 3.35. The number of carboxylic acid groups (broad SMARTS) is 1. The molecule has 8 heteroatoms. The zero-order valence-corrected chi connectivity index (χ0v) is 13.5. The smallest absolute Gasteiger partial charge is 0.326 e. The monoisotopic (exact) mass is 332 g/mol. The number of aliphatic carboxylic acids is 1. The molecule has 128 valence electrons. The summed E-state index contributed by atoms with van der Waals surface area (Å²) in [5.74, 6) is -2.02. The maximum Gasteiger partial charge on any atom is 0.326 e. The first kappa shape index (κ1) is 17.5. The Morgan fingerprint density at radius 3 is 2.67 bits per heavy atom.